The standard InChI is InChI=1S/C12H10ClF3N2/c13-4-9-6-18-5-8(7-1-2-7)3-10(11(18)17-9)12(14,15)16/h3,5-7H,1-2,4H2. The topological polar surface area (TPSA) is 17.3 Å². The van der Waals surface area contributed by atoms with E-state index in [0.717, 1.165) is 18.4 Å². The van der Waals surface area contributed by atoms with E-state index in [2.05, 4.69) is 4.98 Å². The number of rotatable bonds is 2. The van der Waals surface area contributed by atoms with E-state index < -0.39 is 11.7 Å². The summed E-state index contributed by atoms with van der Waals surface area (Å²) in [6.45, 7) is 0. The predicted octanol–water partition coefficient (Wildman–Crippen LogP) is 3.97. The Bertz CT molecular complexity index is 599. The number of aromatic nitrogens is 2. The largest absolute Gasteiger partial charge is 0.419 e. The maximum absolute atomic E-state index is 13.0. The monoisotopic (exact) mass is 274 g/mol. The second-order valence-corrected chi connectivity index (χ2v) is 4.82. The fraction of sp³-hybridized carbons (Fsp3) is 0.417. The molecule has 1 aliphatic carbocycles. The number of hydrogen-bond acceptors (Lipinski definition) is 1. The SMILES string of the molecule is FC(F)(F)c1cc(C2CC2)cn2cc(CCl)nc12. The lowest BCUT2D eigenvalue weighted by atomic mass is 10.1. The Morgan fingerprint density at radius 2 is 2.06 bits per heavy atom. The minimum atomic E-state index is -4.39. The number of nitrogens with zero attached hydrogens (tertiary/aromatic N) is 2. The van der Waals surface area contributed by atoms with Crippen LogP contribution in [0.4, 0.5) is 13.2 Å². The third-order valence-electron chi connectivity index (χ3n) is 3.11. The van der Waals surface area contributed by atoms with E-state index in [4.69, 9.17) is 11.6 Å². The van der Waals surface area contributed by atoms with Crippen molar-refractivity contribution in [3.8, 4) is 0 Å². The van der Waals surface area contributed by atoms with Gasteiger partial charge in [-0.1, -0.05) is 0 Å². The molecule has 0 unspecified atom stereocenters. The molecule has 0 atom stereocenters. The van der Waals surface area contributed by atoms with E-state index in [1.54, 1.807) is 12.4 Å². The Labute approximate surface area is 106 Å². The normalized spacial score (nSPS) is 16.4. The van der Waals surface area contributed by atoms with Crippen molar-refractivity contribution in [3.63, 3.8) is 0 Å². The molecule has 0 radical (unpaired) electrons. The second-order valence-electron chi connectivity index (χ2n) is 4.56. The van der Waals surface area contributed by atoms with Crippen molar-refractivity contribution >= 4 is 17.2 Å². The van der Waals surface area contributed by atoms with Gasteiger partial charge < -0.3 is 4.40 Å². The number of pyridine rings is 1. The molecule has 1 fully saturated rings. The average molecular weight is 275 g/mol. The lowest BCUT2D eigenvalue weighted by Crippen LogP contribution is -2.09. The van der Waals surface area contributed by atoms with Gasteiger partial charge in [-0.05, 0) is 30.4 Å². The molecule has 0 bridgehead atoms. The first-order valence-electron chi connectivity index (χ1n) is 5.63. The molecule has 2 aromatic rings. The summed E-state index contributed by atoms with van der Waals surface area (Å²) in [6, 6.07) is 1.22. The predicted molar refractivity (Wildman–Crippen MR) is 61.7 cm³/mol. The molecule has 3 rings (SSSR count). The quantitative estimate of drug-likeness (QED) is 0.758. The number of halogens is 4. The lowest BCUT2D eigenvalue weighted by molar-refractivity contribution is -0.136. The van der Waals surface area contributed by atoms with Gasteiger partial charge in [0.2, 0.25) is 0 Å². The van der Waals surface area contributed by atoms with Crippen LogP contribution in [-0.4, -0.2) is 9.38 Å². The van der Waals surface area contributed by atoms with Crippen molar-refractivity contribution in [2.75, 3.05) is 0 Å². The van der Waals surface area contributed by atoms with Gasteiger partial charge in [-0.3, -0.25) is 0 Å². The smallest absolute Gasteiger partial charge is 0.306 e. The Hall–Kier alpha value is -1.23. The fourth-order valence-corrected chi connectivity index (χ4v) is 2.21. The lowest BCUT2D eigenvalue weighted by Gasteiger charge is -2.10. The third kappa shape index (κ3) is 1.96. The van der Waals surface area contributed by atoms with Gasteiger partial charge in [0, 0.05) is 12.4 Å². The van der Waals surface area contributed by atoms with Gasteiger partial charge >= 0.3 is 6.18 Å². The number of alkyl halides is 4. The molecule has 2 nitrogen and oxygen atoms in total. The van der Waals surface area contributed by atoms with E-state index in [0.29, 0.717) is 5.69 Å². The minimum Gasteiger partial charge on any atom is -0.306 e. The van der Waals surface area contributed by atoms with Crippen molar-refractivity contribution in [1.82, 2.24) is 9.38 Å². The summed E-state index contributed by atoms with van der Waals surface area (Å²) >= 11 is 5.62. The summed E-state index contributed by atoms with van der Waals surface area (Å²) in [5.74, 6) is 0.370. The zero-order valence-electron chi connectivity index (χ0n) is 9.34. The molecule has 2 heterocycles. The summed E-state index contributed by atoms with van der Waals surface area (Å²) in [5.41, 5.74) is 0.439. The third-order valence-corrected chi connectivity index (χ3v) is 3.39. The Kier molecular flexibility index (Phi) is 2.55. The summed E-state index contributed by atoms with van der Waals surface area (Å²) in [7, 11) is 0. The second kappa shape index (κ2) is 3.88. The maximum Gasteiger partial charge on any atom is 0.419 e. The summed E-state index contributed by atoms with van der Waals surface area (Å²) < 4.78 is 40.5. The van der Waals surface area contributed by atoms with E-state index in [1.165, 1.54) is 10.5 Å². The van der Waals surface area contributed by atoms with Crippen LogP contribution in [0, 0.1) is 0 Å². The molecule has 1 saturated carbocycles. The maximum atomic E-state index is 13.0. The van der Waals surface area contributed by atoms with Crippen molar-refractivity contribution in [1.29, 1.82) is 0 Å². The fourth-order valence-electron chi connectivity index (χ4n) is 2.08. The van der Waals surface area contributed by atoms with Crippen LogP contribution in [0.1, 0.15) is 35.6 Å². The average Bonchev–Trinajstić information content (AvgIpc) is 3.06. The minimum absolute atomic E-state index is 0.0671. The van der Waals surface area contributed by atoms with Crippen LogP contribution in [0.5, 0.6) is 0 Å². The van der Waals surface area contributed by atoms with E-state index in [-0.39, 0.29) is 17.4 Å². The van der Waals surface area contributed by atoms with E-state index in [9.17, 15) is 13.2 Å². The van der Waals surface area contributed by atoms with Crippen molar-refractivity contribution < 1.29 is 13.2 Å². The van der Waals surface area contributed by atoms with Crippen LogP contribution >= 0.6 is 11.6 Å². The Balaban J connectivity index is 2.25. The first kappa shape index (κ1) is 11.8. The highest BCUT2D eigenvalue weighted by Crippen LogP contribution is 2.42. The Morgan fingerprint density at radius 3 is 2.61 bits per heavy atom. The van der Waals surface area contributed by atoms with Crippen LogP contribution in [0.15, 0.2) is 18.5 Å². The highest BCUT2D eigenvalue weighted by Gasteiger charge is 2.36. The van der Waals surface area contributed by atoms with Gasteiger partial charge in [-0.15, -0.1) is 11.6 Å². The highest BCUT2D eigenvalue weighted by atomic mass is 35.5. The molecular formula is C12H10ClF3N2. The van der Waals surface area contributed by atoms with Gasteiger partial charge in [0.25, 0.3) is 0 Å². The zero-order valence-corrected chi connectivity index (χ0v) is 10.1. The molecule has 0 amide bonds. The summed E-state index contributed by atoms with van der Waals surface area (Å²) in [4.78, 5) is 3.93. The van der Waals surface area contributed by atoms with Crippen LogP contribution in [0.25, 0.3) is 5.65 Å². The van der Waals surface area contributed by atoms with Crippen molar-refractivity contribution in [3.05, 3.63) is 35.3 Å². The highest BCUT2D eigenvalue weighted by molar-refractivity contribution is 6.16. The van der Waals surface area contributed by atoms with Crippen LogP contribution < -0.4 is 0 Å². The first-order chi connectivity index (χ1) is 8.49. The first-order valence-corrected chi connectivity index (χ1v) is 6.17. The van der Waals surface area contributed by atoms with E-state index >= 15 is 0 Å². The molecule has 6 heteroatoms. The van der Waals surface area contributed by atoms with Gasteiger partial charge in [-0.2, -0.15) is 13.2 Å². The number of imidazole rings is 1. The molecule has 0 saturated heterocycles. The Morgan fingerprint density at radius 1 is 1.33 bits per heavy atom. The van der Waals surface area contributed by atoms with Gasteiger partial charge in [-0.25, -0.2) is 4.98 Å². The molecule has 0 aliphatic heterocycles. The molecule has 18 heavy (non-hydrogen) atoms. The zero-order chi connectivity index (χ0) is 12.9. The van der Waals surface area contributed by atoms with Gasteiger partial charge in [0.05, 0.1) is 17.1 Å². The number of hydrogen-bond donors (Lipinski definition) is 0. The molecule has 96 valence electrons. The van der Waals surface area contributed by atoms with Gasteiger partial charge in [0.1, 0.15) is 5.65 Å². The van der Waals surface area contributed by atoms with Crippen molar-refractivity contribution in [2.24, 2.45) is 0 Å². The summed E-state index contributed by atoms with van der Waals surface area (Å²) in [5, 5.41) is 0. The molecule has 0 N–H and O–H groups in total. The molecule has 1 aliphatic rings. The van der Waals surface area contributed by atoms with Gasteiger partial charge in [0.15, 0.2) is 0 Å². The molecular weight excluding hydrogens is 265 g/mol. The van der Waals surface area contributed by atoms with Crippen LogP contribution in [0.3, 0.4) is 0 Å². The molecule has 2 aromatic heterocycles. The number of fused-ring (bicyclic) bond motifs is 1. The van der Waals surface area contributed by atoms with E-state index in [1.807, 2.05) is 0 Å². The molecule has 0 aromatic carbocycles. The van der Waals surface area contributed by atoms with Crippen LogP contribution in [0.2, 0.25) is 0 Å². The van der Waals surface area contributed by atoms with Crippen LogP contribution in [-0.2, 0) is 12.1 Å². The summed E-state index contributed by atoms with van der Waals surface area (Å²) in [6.07, 6.45) is 0.815. The van der Waals surface area contributed by atoms with Crippen molar-refractivity contribution in [2.45, 2.75) is 30.8 Å². The molecule has 0 spiro atoms.